The minimum absolute atomic E-state index is 1.13. The second-order valence-electron chi connectivity index (χ2n) is 4.04. The summed E-state index contributed by atoms with van der Waals surface area (Å²) in [6.45, 7) is 4.25. The Morgan fingerprint density at radius 1 is 1.17 bits per heavy atom. The first-order valence-corrected chi connectivity index (χ1v) is 7.04. The van der Waals surface area contributed by atoms with Crippen LogP contribution in [0.1, 0.15) is 20.3 Å². The first-order chi connectivity index (χ1) is 8.85. The third kappa shape index (κ3) is 2.98. The van der Waals surface area contributed by atoms with Gasteiger partial charge in [0.2, 0.25) is 0 Å². The number of rotatable bonds is 0. The summed E-state index contributed by atoms with van der Waals surface area (Å²) < 4.78 is 0. The molecular formula is C16H17NS. The molecule has 0 saturated heterocycles. The van der Waals surface area contributed by atoms with Crippen molar-refractivity contribution in [3.8, 4) is 0 Å². The van der Waals surface area contributed by atoms with Crippen molar-refractivity contribution < 1.29 is 0 Å². The molecule has 18 heavy (non-hydrogen) atoms. The van der Waals surface area contributed by atoms with Gasteiger partial charge in [0.15, 0.2) is 0 Å². The summed E-state index contributed by atoms with van der Waals surface area (Å²) in [5, 5.41) is 3.41. The lowest BCUT2D eigenvalue weighted by Gasteiger charge is -2.20. The molecule has 2 aliphatic rings. The molecule has 0 unspecified atom stereocenters. The largest absolute Gasteiger partial charge is 0.353 e. The van der Waals surface area contributed by atoms with Gasteiger partial charge in [0, 0.05) is 4.90 Å². The van der Waals surface area contributed by atoms with Crippen molar-refractivity contribution in [3.63, 3.8) is 0 Å². The lowest BCUT2D eigenvalue weighted by Crippen LogP contribution is -2.06. The zero-order valence-electron chi connectivity index (χ0n) is 10.7. The van der Waals surface area contributed by atoms with Gasteiger partial charge in [-0.15, -0.1) is 5.73 Å². The van der Waals surface area contributed by atoms with E-state index in [1.54, 1.807) is 11.8 Å². The van der Waals surface area contributed by atoms with Crippen molar-refractivity contribution in [1.29, 1.82) is 0 Å². The number of fused-ring (bicyclic) bond motifs is 2. The molecule has 1 aromatic rings. The maximum absolute atomic E-state index is 3.41. The predicted octanol–water partition coefficient (Wildman–Crippen LogP) is 5.11. The smallest absolute Gasteiger partial charge is 0.0777 e. The van der Waals surface area contributed by atoms with Gasteiger partial charge in [-0.25, -0.2) is 0 Å². The fraction of sp³-hybridized carbons (Fsp3) is 0.188. The van der Waals surface area contributed by atoms with Gasteiger partial charge in [-0.2, -0.15) is 0 Å². The molecule has 1 heterocycles. The SMILES string of the molecule is C1=CC=CC=C2Nc3ccccc3SC=12.CCC. The number of benzene rings is 1. The summed E-state index contributed by atoms with van der Waals surface area (Å²) >= 11 is 1.76. The van der Waals surface area contributed by atoms with Crippen molar-refractivity contribution in [2.75, 3.05) is 5.32 Å². The molecule has 1 nitrogen and oxygen atoms in total. The lowest BCUT2D eigenvalue weighted by atomic mass is 10.3. The van der Waals surface area contributed by atoms with E-state index in [2.05, 4.69) is 49.2 Å². The van der Waals surface area contributed by atoms with Crippen LogP contribution in [0.3, 0.4) is 0 Å². The molecule has 3 rings (SSSR count). The standard InChI is InChI=1S/C13H9NS.C3H8/c1-2-6-10-12(8-3-1)15-13-9-5-4-7-11(13)14-10;1-3-2/h1-7,9,14H;3H2,1-2H3. The van der Waals surface area contributed by atoms with E-state index in [-0.39, 0.29) is 0 Å². The summed E-state index contributed by atoms with van der Waals surface area (Å²) in [5.41, 5.74) is 5.57. The molecular weight excluding hydrogens is 238 g/mol. The summed E-state index contributed by atoms with van der Waals surface area (Å²) in [6.07, 6.45) is 9.29. The summed E-state index contributed by atoms with van der Waals surface area (Å²) in [5.74, 6) is 0. The molecule has 0 saturated carbocycles. The topological polar surface area (TPSA) is 12.0 Å². The first-order valence-electron chi connectivity index (χ1n) is 6.23. The highest BCUT2D eigenvalue weighted by Crippen LogP contribution is 2.41. The number of thioether (sulfide) groups is 1. The Hall–Kier alpha value is -1.63. The van der Waals surface area contributed by atoms with Crippen LogP contribution in [0, 0.1) is 0 Å². The molecule has 1 aliphatic heterocycles. The van der Waals surface area contributed by atoms with Crippen molar-refractivity contribution >= 4 is 17.4 Å². The molecule has 0 aromatic heterocycles. The highest BCUT2D eigenvalue weighted by molar-refractivity contribution is 8.03. The van der Waals surface area contributed by atoms with Gasteiger partial charge < -0.3 is 5.32 Å². The van der Waals surface area contributed by atoms with Crippen molar-refractivity contribution in [2.24, 2.45) is 0 Å². The van der Waals surface area contributed by atoms with Gasteiger partial charge in [0.05, 0.1) is 16.3 Å². The molecule has 0 atom stereocenters. The molecule has 1 aromatic carbocycles. The molecule has 1 aliphatic carbocycles. The third-order valence-electron chi connectivity index (χ3n) is 2.30. The van der Waals surface area contributed by atoms with Crippen LogP contribution in [-0.4, -0.2) is 0 Å². The van der Waals surface area contributed by atoms with Crippen LogP contribution in [0.2, 0.25) is 0 Å². The van der Waals surface area contributed by atoms with Gasteiger partial charge in [0.25, 0.3) is 0 Å². The number of hydrogen-bond donors (Lipinski definition) is 1. The summed E-state index contributed by atoms with van der Waals surface area (Å²) in [4.78, 5) is 2.41. The number of para-hydroxylation sites is 1. The molecule has 0 radical (unpaired) electrons. The van der Waals surface area contributed by atoms with E-state index < -0.39 is 0 Å². The fourth-order valence-electron chi connectivity index (χ4n) is 1.58. The van der Waals surface area contributed by atoms with E-state index in [4.69, 9.17) is 0 Å². The first kappa shape index (κ1) is 12.8. The van der Waals surface area contributed by atoms with E-state index in [0.29, 0.717) is 0 Å². The third-order valence-corrected chi connectivity index (χ3v) is 3.42. The monoisotopic (exact) mass is 255 g/mol. The van der Waals surface area contributed by atoms with Crippen LogP contribution in [0.4, 0.5) is 5.69 Å². The Morgan fingerprint density at radius 3 is 2.78 bits per heavy atom. The van der Waals surface area contributed by atoms with E-state index in [1.807, 2.05) is 24.3 Å². The number of allylic oxidation sites excluding steroid dienone is 3. The van der Waals surface area contributed by atoms with Crippen molar-refractivity contribution in [2.45, 2.75) is 25.2 Å². The van der Waals surface area contributed by atoms with Crippen LogP contribution < -0.4 is 5.32 Å². The second-order valence-corrected chi connectivity index (χ2v) is 5.09. The van der Waals surface area contributed by atoms with E-state index in [0.717, 1.165) is 10.6 Å². The Labute approximate surface area is 113 Å². The van der Waals surface area contributed by atoms with Crippen LogP contribution in [-0.2, 0) is 0 Å². The number of nitrogens with one attached hydrogen (secondary N) is 1. The quantitative estimate of drug-likeness (QED) is 0.646. The highest BCUT2D eigenvalue weighted by atomic mass is 32.2. The van der Waals surface area contributed by atoms with Gasteiger partial charge in [-0.3, -0.25) is 0 Å². The van der Waals surface area contributed by atoms with Crippen LogP contribution in [0.25, 0.3) is 0 Å². The van der Waals surface area contributed by atoms with Crippen molar-refractivity contribution in [3.05, 3.63) is 64.9 Å². The maximum Gasteiger partial charge on any atom is 0.0777 e. The normalized spacial score (nSPS) is 15.0. The average Bonchev–Trinajstić information content (AvgIpc) is 2.61. The Balaban J connectivity index is 0.000000367. The van der Waals surface area contributed by atoms with Crippen molar-refractivity contribution in [1.82, 2.24) is 0 Å². The minimum Gasteiger partial charge on any atom is -0.353 e. The Bertz CT molecular complexity index is 546. The van der Waals surface area contributed by atoms with E-state index in [9.17, 15) is 0 Å². The number of hydrogen-bond acceptors (Lipinski definition) is 2. The van der Waals surface area contributed by atoms with E-state index >= 15 is 0 Å². The molecule has 92 valence electrons. The predicted molar refractivity (Wildman–Crippen MR) is 80.7 cm³/mol. The van der Waals surface area contributed by atoms with Gasteiger partial charge in [0.1, 0.15) is 0 Å². The molecule has 0 fully saturated rings. The van der Waals surface area contributed by atoms with E-state index in [1.165, 1.54) is 17.0 Å². The summed E-state index contributed by atoms with van der Waals surface area (Å²) in [7, 11) is 0. The zero-order chi connectivity index (χ0) is 12.8. The average molecular weight is 255 g/mol. The fourth-order valence-corrected chi connectivity index (χ4v) is 2.53. The van der Waals surface area contributed by atoms with Gasteiger partial charge in [-0.1, -0.05) is 56.3 Å². The number of anilines is 1. The minimum atomic E-state index is 1.13. The Kier molecular flexibility index (Phi) is 4.52. The van der Waals surface area contributed by atoms with Crippen LogP contribution in [0.15, 0.2) is 69.8 Å². The molecule has 0 amide bonds. The van der Waals surface area contributed by atoms with Crippen LogP contribution in [0.5, 0.6) is 0 Å². The zero-order valence-corrected chi connectivity index (χ0v) is 11.6. The highest BCUT2D eigenvalue weighted by Gasteiger charge is 2.16. The summed E-state index contributed by atoms with van der Waals surface area (Å²) in [6, 6.07) is 8.32. The molecule has 0 bridgehead atoms. The van der Waals surface area contributed by atoms with Gasteiger partial charge >= 0.3 is 0 Å². The Morgan fingerprint density at radius 2 is 1.94 bits per heavy atom. The van der Waals surface area contributed by atoms with Gasteiger partial charge in [-0.05, 0) is 24.3 Å². The molecule has 2 heteroatoms. The lowest BCUT2D eigenvalue weighted by molar-refractivity contribution is 1.09. The second kappa shape index (κ2) is 6.34. The van der Waals surface area contributed by atoms with Crippen LogP contribution >= 0.6 is 11.8 Å². The molecule has 1 N–H and O–H groups in total. The maximum atomic E-state index is 3.41. The molecule has 0 spiro atoms.